The summed E-state index contributed by atoms with van der Waals surface area (Å²) < 4.78 is 0. The predicted octanol–water partition coefficient (Wildman–Crippen LogP) is 2.46. The highest BCUT2D eigenvalue weighted by Gasteiger charge is 2.06. The van der Waals surface area contributed by atoms with E-state index < -0.39 is 0 Å². The van der Waals surface area contributed by atoms with Gasteiger partial charge in [0.1, 0.15) is 0 Å². The first-order chi connectivity index (χ1) is 7.77. The Hall–Kier alpha value is -1.28. The fourth-order valence-corrected chi connectivity index (χ4v) is 1.78. The number of hydrogen-bond donors (Lipinski definition) is 2. The lowest BCUT2D eigenvalue weighted by atomic mass is 10.0. The second-order valence-electron chi connectivity index (χ2n) is 3.95. The molecule has 0 fully saturated rings. The standard InChI is InChI=1S/C14H22N2/c1-3-7-14(16-2)13(15)11-10-12-8-5-4-6-9-12/h4-9,13,16H,3,10-11,15H2,1-2H3/b14-7-. The molecule has 0 aliphatic carbocycles. The van der Waals surface area contributed by atoms with Crippen molar-refractivity contribution in [3.8, 4) is 0 Å². The minimum Gasteiger partial charge on any atom is -0.390 e. The van der Waals surface area contributed by atoms with Gasteiger partial charge in [0.15, 0.2) is 0 Å². The highest BCUT2D eigenvalue weighted by molar-refractivity contribution is 5.16. The van der Waals surface area contributed by atoms with Gasteiger partial charge in [-0.25, -0.2) is 0 Å². The number of hydrogen-bond acceptors (Lipinski definition) is 2. The summed E-state index contributed by atoms with van der Waals surface area (Å²) in [6, 6.07) is 10.6. The Kier molecular flexibility index (Phi) is 5.65. The third-order valence-corrected chi connectivity index (χ3v) is 2.70. The zero-order chi connectivity index (χ0) is 11.8. The molecule has 0 saturated heterocycles. The molecular weight excluding hydrogens is 196 g/mol. The first-order valence-electron chi connectivity index (χ1n) is 5.95. The van der Waals surface area contributed by atoms with Crippen molar-refractivity contribution in [3.05, 3.63) is 47.7 Å². The van der Waals surface area contributed by atoms with Gasteiger partial charge in [-0.05, 0) is 24.8 Å². The van der Waals surface area contributed by atoms with Crippen molar-refractivity contribution in [1.29, 1.82) is 0 Å². The summed E-state index contributed by atoms with van der Waals surface area (Å²) in [6.45, 7) is 2.13. The number of likely N-dealkylation sites (N-methyl/N-ethyl adjacent to an activating group) is 1. The maximum Gasteiger partial charge on any atom is 0.0444 e. The van der Waals surface area contributed by atoms with Crippen molar-refractivity contribution in [2.24, 2.45) is 5.73 Å². The number of nitrogens with one attached hydrogen (secondary N) is 1. The molecule has 3 N–H and O–H groups in total. The monoisotopic (exact) mass is 218 g/mol. The van der Waals surface area contributed by atoms with Gasteiger partial charge in [0.2, 0.25) is 0 Å². The second kappa shape index (κ2) is 7.07. The number of aryl methyl sites for hydroxylation is 1. The molecule has 0 radical (unpaired) electrons. The van der Waals surface area contributed by atoms with Crippen molar-refractivity contribution in [2.75, 3.05) is 7.05 Å². The summed E-state index contributed by atoms with van der Waals surface area (Å²) >= 11 is 0. The Morgan fingerprint density at radius 1 is 1.38 bits per heavy atom. The molecule has 0 heterocycles. The SMILES string of the molecule is CC/C=C(\NC)C(N)CCc1ccccc1. The molecule has 1 aromatic rings. The van der Waals surface area contributed by atoms with E-state index in [9.17, 15) is 0 Å². The van der Waals surface area contributed by atoms with Gasteiger partial charge in [-0.3, -0.25) is 0 Å². The van der Waals surface area contributed by atoms with Crippen LogP contribution in [0.5, 0.6) is 0 Å². The Morgan fingerprint density at radius 3 is 2.62 bits per heavy atom. The summed E-state index contributed by atoms with van der Waals surface area (Å²) in [4.78, 5) is 0. The zero-order valence-electron chi connectivity index (χ0n) is 10.2. The van der Waals surface area contributed by atoms with Gasteiger partial charge in [0.05, 0.1) is 0 Å². The molecule has 2 heteroatoms. The molecule has 1 unspecified atom stereocenters. The van der Waals surface area contributed by atoms with Crippen molar-refractivity contribution >= 4 is 0 Å². The average molecular weight is 218 g/mol. The Bertz CT molecular complexity index is 317. The van der Waals surface area contributed by atoms with Crippen LogP contribution in [0.25, 0.3) is 0 Å². The second-order valence-corrected chi connectivity index (χ2v) is 3.95. The lowest BCUT2D eigenvalue weighted by Gasteiger charge is -2.15. The minimum absolute atomic E-state index is 0.116. The van der Waals surface area contributed by atoms with Crippen molar-refractivity contribution in [3.63, 3.8) is 0 Å². The van der Waals surface area contributed by atoms with Crippen LogP contribution in [0.3, 0.4) is 0 Å². The highest BCUT2D eigenvalue weighted by atomic mass is 14.9. The Balaban J connectivity index is 2.46. The van der Waals surface area contributed by atoms with Gasteiger partial charge in [0, 0.05) is 18.8 Å². The first kappa shape index (κ1) is 12.8. The van der Waals surface area contributed by atoms with Crippen LogP contribution in [-0.2, 0) is 6.42 Å². The molecule has 88 valence electrons. The third-order valence-electron chi connectivity index (χ3n) is 2.70. The number of allylic oxidation sites excluding steroid dienone is 1. The summed E-state index contributed by atoms with van der Waals surface area (Å²) in [5.74, 6) is 0. The van der Waals surface area contributed by atoms with Crippen LogP contribution in [0.2, 0.25) is 0 Å². The molecule has 1 rings (SSSR count). The molecule has 16 heavy (non-hydrogen) atoms. The topological polar surface area (TPSA) is 38.0 Å². The van der Waals surface area contributed by atoms with Crippen molar-refractivity contribution in [1.82, 2.24) is 5.32 Å². The Labute approximate surface area is 98.6 Å². The van der Waals surface area contributed by atoms with E-state index in [2.05, 4.69) is 42.6 Å². The smallest absolute Gasteiger partial charge is 0.0444 e. The van der Waals surface area contributed by atoms with E-state index >= 15 is 0 Å². The van der Waals surface area contributed by atoms with E-state index in [4.69, 9.17) is 5.73 Å². The van der Waals surface area contributed by atoms with Gasteiger partial charge < -0.3 is 11.1 Å². The lowest BCUT2D eigenvalue weighted by Crippen LogP contribution is -2.30. The van der Waals surface area contributed by atoms with Gasteiger partial charge in [0.25, 0.3) is 0 Å². The van der Waals surface area contributed by atoms with Crippen molar-refractivity contribution in [2.45, 2.75) is 32.2 Å². The fraction of sp³-hybridized carbons (Fsp3) is 0.429. The molecule has 0 aromatic heterocycles. The van der Waals surface area contributed by atoms with Crippen LogP contribution in [0.4, 0.5) is 0 Å². The molecule has 0 amide bonds. The van der Waals surface area contributed by atoms with E-state index in [1.54, 1.807) is 0 Å². The van der Waals surface area contributed by atoms with Gasteiger partial charge in [-0.1, -0.05) is 43.3 Å². The number of benzene rings is 1. The largest absolute Gasteiger partial charge is 0.390 e. The number of nitrogens with two attached hydrogens (primary N) is 1. The van der Waals surface area contributed by atoms with E-state index in [1.807, 2.05) is 13.1 Å². The van der Waals surface area contributed by atoms with Gasteiger partial charge in [-0.15, -0.1) is 0 Å². The van der Waals surface area contributed by atoms with Crippen LogP contribution in [0.1, 0.15) is 25.3 Å². The molecule has 0 saturated carbocycles. The highest BCUT2D eigenvalue weighted by Crippen LogP contribution is 2.08. The van der Waals surface area contributed by atoms with Crippen LogP contribution in [-0.4, -0.2) is 13.1 Å². The molecule has 1 atom stereocenters. The number of rotatable bonds is 6. The molecule has 0 aliphatic heterocycles. The molecule has 1 aromatic carbocycles. The fourth-order valence-electron chi connectivity index (χ4n) is 1.78. The maximum atomic E-state index is 6.13. The first-order valence-corrected chi connectivity index (χ1v) is 5.95. The van der Waals surface area contributed by atoms with E-state index in [1.165, 1.54) is 5.56 Å². The van der Waals surface area contributed by atoms with E-state index in [0.29, 0.717) is 0 Å². The quantitative estimate of drug-likeness (QED) is 0.769. The third kappa shape index (κ3) is 4.07. The summed E-state index contributed by atoms with van der Waals surface area (Å²) in [5, 5.41) is 3.18. The van der Waals surface area contributed by atoms with E-state index in [-0.39, 0.29) is 6.04 Å². The van der Waals surface area contributed by atoms with E-state index in [0.717, 1.165) is 25.0 Å². The maximum absolute atomic E-state index is 6.13. The zero-order valence-corrected chi connectivity index (χ0v) is 10.2. The minimum atomic E-state index is 0.116. The predicted molar refractivity (Wildman–Crippen MR) is 70.2 cm³/mol. The molecule has 0 bridgehead atoms. The lowest BCUT2D eigenvalue weighted by molar-refractivity contribution is 0.647. The molecule has 0 aliphatic rings. The van der Waals surface area contributed by atoms with Crippen LogP contribution in [0.15, 0.2) is 42.1 Å². The summed E-state index contributed by atoms with van der Waals surface area (Å²) in [6.07, 6.45) is 5.20. The average Bonchev–Trinajstić information content (AvgIpc) is 2.34. The summed E-state index contributed by atoms with van der Waals surface area (Å²) in [7, 11) is 1.93. The molecule has 2 nitrogen and oxygen atoms in total. The molecule has 0 spiro atoms. The van der Waals surface area contributed by atoms with Gasteiger partial charge >= 0.3 is 0 Å². The molecular formula is C14H22N2. The van der Waals surface area contributed by atoms with Crippen LogP contribution < -0.4 is 11.1 Å². The van der Waals surface area contributed by atoms with Crippen molar-refractivity contribution < 1.29 is 0 Å². The van der Waals surface area contributed by atoms with Crippen LogP contribution in [0, 0.1) is 0 Å². The summed E-state index contributed by atoms with van der Waals surface area (Å²) in [5.41, 5.74) is 8.63. The normalized spacial score (nSPS) is 13.6. The Morgan fingerprint density at radius 2 is 2.06 bits per heavy atom. The van der Waals surface area contributed by atoms with Crippen LogP contribution >= 0.6 is 0 Å². The van der Waals surface area contributed by atoms with Gasteiger partial charge in [-0.2, -0.15) is 0 Å².